The van der Waals surface area contributed by atoms with Gasteiger partial charge in [0.05, 0.1) is 17.9 Å². The molecule has 0 spiro atoms. The van der Waals surface area contributed by atoms with E-state index in [1.165, 1.54) is 30.3 Å². The number of ether oxygens (including phenoxy) is 1. The van der Waals surface area contributed by atoms with E-state index in [0.717, 1.165) is 24.7 Å². The molecule has 1 aliphatic heterocycles. The minimum Gasteiger partial charge on any atom is -0.383 e. The largest absolute Gasteiger partial charge is 0.383 e. The van der Waals surface area contributed by atoms with E-state index in [4.69, 9.17) is 8.92 Å². The van der Waals surface area contributed by atoms with E-state index >= 15 is 0 Å². The molecule has 0 radical (unpaired) electrons. The van der Waals surface area contributed by atoms with Crippen molar-refractivity contribution < 1.29 is 26.5 Å². The molecule has 0 aliphatic carbocycles. The number of halogens is 1. The molecular formula is C20H22FNO5S. The number of hydrogen-bond donors (Lipinski definition) is 0. The van der Waals surface area contributed by atoms with Crippen LogP contribution in [-0.4, -0.2) is 44.7 Å². The topological polar surface area (TPSA) is 72.9 Å². The molecule has 1 atom stereocenters. The highest BCUT2D eigenvalue weighted by Gasteiger charge is 2.25. The molecule has 3 rings (SSSR count). The van der Waals surface area contributed by atoms with Crippen LogP contribution in [0.3, 0.4) is 0 Å². The third kappa shape index (κ3) is 5.53. The summed E-state index contributed by atoms with van der Waals surface area (Å²) in [5.74, 6) is -0.788. The Labute approximate surface area is 164 Å². The van der Waals surface area contributed by atoms with Crippen molar-refractivity contribution in [1.29, 1.82) is 0 Å². The lowest BCUT2D eigenvalue weighted by Gasteiger charge is -2.26. The van der Waals surface area contributed by atoms with Gasteiger partial charge >= 0.3 is 10.1 Å². The fourth-order valence-electron chi connectivity index (χ4n) is 3.10. The summed E-state index contributed by atoms with van der Waals surface area (Å²) in [6.45, 7) is 1.25. The summed E-state index contributed by atoms with van der Waals surface area (Å²) in [6, 6.07) is 12.3. The lowest BCUT2D eigenvalue weighted by atomic mass is 10.1. The quantitative estimate of drug-likeness (QED) is 0.660. The Balaban J connectivity index is 1.78. The average Bonchev–Trinajstić information content (AvgIpc) is 3.14. The van der Waals surface area contributed by atoms with Crippen LogP contribution in [0.4, 0.5) is 4.39 Å². The summed E-state index contributed by atoms with van der Waals surface area (Å²) in [6.07, 6.45) is 2.67. The molecule has 0 aromatic heterocycles. The van der Waals surface area contributed by atoms with Crippen LogP contribution in [0.5, 0.6) is 5.75 Å². The molecule has 28 heavy (non-hydrogen) atoms. The van der Waals surface area contributed by atoms with Crippen molar-refractivity contribution in [1.82, 2.24) is 4.90 Å². The van der Waals surface area contributed by atoms with Gasteiger partial charge in [-0.1, -0.05) is 24.3 Å². The van der Waals surface area contributed by atoms with E-state index in [9.17, 15) is 17.6 Å². The standard InChI is InChI=1S/C20H22FNO5S/c1-28(24,25)27-16-10-8-15(9-11-16)13-22(14-17-5-4-12-26-17)20(23)18-6-2-3-7-19(18)21/h2-3,6-11,17H,4-5,12-14H2,1H3/t17-/m0/s1. The second-order valence-corrected chi connectivity index (χ2v) is 8.31. The smallest absolute Gasteiger partial charge is 0.306 e. The first-order chi connectivity index (χ1) is 13.3. The van der Waals surface area contributed by atoms with E-state index in [1.807, 2.05) is 0 Å². The van der Waals surface area contributed by atoms with E-state index in [-0.39, 0.29) is 24.0 Å². The lowest BCUT2D eigenvalue weighted by Crippen LogP contribution is -2.37. The van der Waals surface area contributed by atoms with Crippen molar-refractivity contribution in [3.05, 3.63) is 65.5 Å². The maximum absolute atomic E-state index is 14.1. The van der Waals surface area contributed by atoms with Crippen LogP contribution < -0.4 is 4.18 Å². The van der Waals surface area contributed by atoms with E-state index in [1.54, 1.807) is 23.1 Å². The summed E-state index contributed by atoms with van der Waals surface area (Å²) in [4.78, 5) is 14.5. The zero-order valence-corrected chi connectivity index (χ0v) is 16.3. The molecule has 1 saturated heterocycles. The van der Waals surface area contributed by atoms with Crippen LogP contribution in [0.15, 0.2) is 48.5 Å². The molecule has 1 fully saturated rings. The first-order valence-corrected chi connectivity index (χ1v) is 10.8. The summed E-state index contributed by atoms with van der Waals surface area (Å²) in [5.41, 5.74) is 0.779. The average molecular weight is 407 g/mol. The van der Waals surface area contributed by atoms with Crippen LogP contribution in [0.1, 0.15) is 28.8 Å². The summed E-state index contributed by atoms with van der Waals surface area (Å²) in [5, 5.41) is 0. The monoisotopic (exact) mass is 407 g/mol. The second kappa shape index (κ2) is 8.70. The number of amides is 1. The van der Waals surface area contributed by atoms with E-state index < -0.39 is 21.8 Å². The minimum absolute atomic E-state index is 0.0116. The first kappa shape index (κ1) is 20.3. The fourth-order valence-corrected chi connectivity index (χ4v) is 3.56. The molecule has 0 bridgehead atoms. The SMILES string of the molecule is CS(=O)(=O)Oc1ccc(CN(C[C@@H]2CCCO2)C(=O)c2ccccc2F)cc1. The normalized spacial score (nSPS) is 16.7. The summed E-state index contributed by atoms with van der Waals surface area (Å²) < 4.78 is 47.0. The Bertz CT molecular complexity index is 924. The van der Waals surface area contributed by atoms with Crippen LogP contribution in [0.2, 0.25) is 0 Å². The van der Waals surface area contributed by atoms with Gasteiger partial charge in [0.25, 0.3) is 5.91 Å². The number of carbonyl (C=O) groups excluding carboxylic acids is 1. The zero-order chi connectivity index (χ0) is 20.1. The molecule has 6 nitrogen and oxygen atoms in total. The van der Waals surface area contributed by atoms with Crippen LogP contribution in [0, 0.1) is 5.82 Å². The van der Waals surface area contributed by atoms with Crippen molar-refractivity contribution in [2.24, 2.45) is 0 Å². The highest BCUT2D eigenvalue weighted by Crippen LogP contribution is 2.20. The molecule has 2 aromatic rings. The van der Waals surface area contributed by atoms with Gasteiger partial charge in [-0.3, -0.25) is 4.79 Å². The summed E-state index contributed by atoms with van der Waals surface area (Å²) >= 11 is 0. The van der Waals surface area contributed by atoms with Crippen LogP contribution in [0.25, 0.3) is 0 Å². The molecule has 1 aliphatic rings. The van der Waals surface area contributed by atoms with Gasteiger partial charge in [-0.15, -0.1) is 0 Å². The Morgan fingerprint density at radius 2 is 1.93 bits per heavy atom. The van der Waals surface area contributed by atoms with Crippen molar-refractivity contribution in [3.63, 3.8) is 0 Å². The number of rotatable bonds is 7. The maximum atomic E-state index is 14.1. The number of carbonyl (C=O) groups is 1. The van der Waals surface area contributed by atoms with Crippen LogP contribution in [-0.2, 0) is 21.4 Å². The number of nitrogens with zero attached hydrogens (tertiary/aromatic N) is 1. The second-order valence-electron chi connectivity index (χ2n) is 6.73. The highest BCUT2D eigenvalue weighted by atomic mass is 32.2. The number of hydrogen-bond acceptors (Lipinski definition) is 5. The Hall–Kier alpha value is -2.45. The molecule has 2 aromatic carbocycles. The Morgan fingerprint density at radius 1 is 1.21 bits per heavy atom. The van der Waals surface area contributed by atoms with Gasteiger partial charge in [-0.05, 0) is 42.7 Å². The third-order valence-corrected chi connectivity index (χ3v) is 4.88. The molecule has 1 amide bonds. The molecule has 0 saturated carbocycles. The van der Waals surface area contributed by atoms with Gasteiger partial charge in [0.15, 0.2) is 0 Å². The minimum atomic E-state index is -3.61. The van der Waals surface area contributed by atoms with E-state index in [0.29, 0.717) is 13.2 Å². The first-order valence-electron chi connectivity index (χ1n) is 8.95. The molecule has 8 heteroatoms. The van der Waals surface area contributed by atoms with Crippen molar-refractivity contribution >= 4 is 16.0 Å². The van der Waals surface area contributed by atoms with Crippen molar-refractivity contribution in [2.75, 3.05) is 19.4 Å². The van der Waals surface area contributed by atoms with Gasteiger partial charge in [0.2, 0.25) is 0 Å². The van der Waals surface area contributed by atoms with Gasteiger partial charge in [-0.25, -0.2) is 4.39 Å². The molecule has 0 N–H and O–H groups in total. The van der Waals surface area contributed by atoms with Gasteiger partial charge < -0.3 is 13.8 Å². The van der Waals surface area contributed by atoms with Crippen LogP contribution >= 0.6 is 0 Å². The summed E-state index contributed by atoms with van der Waals surface area (Å²) in [7, 11) is -3.61. The molecule has 1 heterocycles. The third-order valence-electron chi connectivity index (χ3n) is 4.38. The van der Waals surface area contributed by atoms with Gasteiger partial charge in [0, 0.05) is 19.7 Å². The van der Waals surface area contributed by atoms with Crippen molar-refractivity contribution in [3.8, 4) is 5.75 Å². The zero-order valence-electron chi connectivity index (χ0n) is 15.5. The predicted octanol–water partition coefficient (Wildman–Crippen LogP) is 2.99. The number of benzene rings is 2. The Morgan fingerprint density at radius 3 is 2.54 bits per heavy atom. The predicted molar refractivity (Wildman–Crippen MR) is 102 cm³/mol. The molecular weight excluding hydrogens is 385 g/mol. The highest BCUT2D eigenvalue weighted by molar-refractivity contribution is 7.86. The van der Waals surface area contributed by atoms with E-state index in [2.05, 4.69) is 0 Å². The van der Waals surface area contributed by atoms with Gasteiger partial charge in [-0.2, -0.15) is 8.42 Å². The lowest BCUT2D eigenvalue weighted by molar-refractivity contribution is 0.0504. The molecule has 150 valence electrons. The maximum Gasteiger partial charge on any atom is 0.306 e. The van der Waals surface area contributed by atoms with Crippen molar-refractivity contribution in [2.45, 2.75) is 25.5 Å². The molecule has 0 unspecified atom stereocenters. The fraction of sp³-hybridized carbons (Fsp3) is 0.350. The Kier molecular flexibility index (Phi) is 6.31. The van der Waals surface area contributed by atoms with Gasteiger partial charge in [0.1, 0.15) is 11.6 Å².